The summed E-state index contributed by atoms with van der Waals surface area (Å²) in [6, 6.07) is 6.17. The van der Waals surface area contributed by atoms with Crippen LogP contribution in [0.3, 0.4) is 0 Å². The van der Waals surface area contributed by atoms with Gasteiger partial charge < -0.3 is 29.7 Å². The molecule has 0 aliphatic heterocycles. The van der Waals surface area contributed by atoms with Gasteiger partial charge in [-0.15, -0.1) is 0 Å². The Balaban J connectivity index is 2.18. The maximum atomic E-state index is 12.8. The Hall–Kier alpha value is -3.33. The summed E-state index contributed by atoms with van der Waals surface area (Å²) in [4.78, 5) is 31.1. The molecule has 2 rings (SSSR count). The molecule has 0 saturated carbocycles. The molecule has 0 atom stereocenters. The van der Waals surface area contributed by atoms with Crippen LogP contribution in [0, 0.1) is 0 Å². The topological polar surface area (TPSA) is 102 Å². The predicted molar refractivity (Wildman–Crippen MR) is 109 cm³/mol. The van der Waals surface area contributed by atoms with Gasteiger partial charge in [0.25, 0.3) is 11.8 Å². The first-order valence-electron chi connectivity index (χ1n) is 8.90. The number of carbonyl (C=O) groups is 2. The van der Waals surface area contributed by atoms with Crippen LogP contribution >= 0.6 is 0 Å². The minimum atomic E-state index is -0.458. The molecule has 0 aliphatic carbocycles. The summed E-state index contributed by atoms with van der Waals surface area (Å²) in [6.07, 6.45) is 1.46. The minimum Gasteiger partial charge on any atom is -0.496 e. The highest BCUT2D eigenvalue weighted by molar-refractivity contribution is 6.06. The minimum absolute atomic E-state index is 0.242. The van der Waals surface area contributed by atoms with Crippen molar-refractivity contribution in [3.05, 3.63) is 41.6 Å². The molecule has 2 amide bonds. The molecule has 0 saturated heterocycles. The molecule has 156 valence electrons. The molecule has 9 nitrogen and oxygen atoms in total. The maximum absolute atomic E-state index is 12.8. The standard InChI is InChI=1S/C20H26N4O5/c1-24(2)9-8-22-19(25)13-6-7-21-18(10-13)23-20(26)14-11-16(28-4)17(29-5)12-15(14)27-3/h6-7,10-12H,8-9H2,1-5H3,(H,22,25)(H,21,23,26). The smallest absolute Gasteiger partial charge is 0.260 e. The van der Waals surface area contributed by atoms with E-state index in [1.165, 1.54) is 39.7 Å². The van der Waals surface area contributed by atoms with Gasteiger partial charge in [-0.05, 0) is 26.2 Å². The maximum Gasteiger partial charge on any atom is 0.260 e. The van der Waals surface area contributed by atoms with Gasteiger partial charge >= 0.3 is 0 Å². The Labute approximate surface area is 170 Å². The first-order chi connectivity index (χ1) is 13.9. The Morgan fingerprint density at radius 2 is 1.62 bits per heavy atom. The lowest BCUT2D eigenvalue weighted by atomic mass is 10.1. The summed E-state index contributed by atoms with van der Waals surface area (Å²) in [5.74, 6) is 0.689. The van der Waals surface area contributed by atoms with Gasteiger partial charge in [-0.1, -0.05) is 0 Å². The van der Waals surface area contributed by atoms with Crippen molar-refractivity contribution < 1.29 is 23.8 Å². The number of rotatable bonds is 9. The van der Waals surface area contributed by atoms with Crippen LogP contribution in [-0.2, 0) is 0 Å². The number of methoxy groups -OCH3 is 3. The fourth-order valence-electron chi connectivity index (χ4n) is 2.53. The summed E-state index contributed by atoms with van der Waals surface area (Å²) in [6.45, 7) is 1.23. The first-order valence-corrected chi connectivity index (χ1v) is 8.90. The molecule has 0 fully saturated rings. The number of hydrogen-bond acceptors (Lipinski definition) is 7. The van der Waals surface area contributed by atoms with Crippen LogP contribution in [0.15, 0.2) is 30.5 Å². The van der Waals surface area contributed by atoms with Crippen molar-refractivity contribution in [2.24, 2.45) is 0 Å². The average Bonchev–Trinajstić information content (AvgIpc) is 2.72. The number of carbonyl (C=O) groups excluding carboxylic acids is 2. The molecule has 1 aromatic carbocycles. The molecule has 0 spiro atoms. The second-order valence-electron chi connectivity index (χ2n) is 6.35. The van der Waals surface area contributed by atoms with Gasteiger partial charge in [0.1, 0.15) is 11.6 Å². The van der Waals surface area contributed by atoms with E-state index in [4.69, 9.17) is 14.2 Å². The summed E-state index contributed by atoms with van der Waals surface area (Å²) < 4.78 is 15.8. The number of benzene rings is 1. The first kappa shape index (κ1) is 22.0. The Bertz CT molecular complexity index is 870. The van der Waals surface area contributed by atoms with Crippen LogP contribution < -0.4 is 24.8 Å². The van der Waals surface area contributed by atoms with E-state index in [2.05, 4.69) is 15.6 Å². The molecule has 0 bridgehead atoms. The number of aromatic nitrogens is 1. The van der Waals surface area contributed by atoms with E-state index in [0.717, 1.165) is 6.54 Å². The van der Waals surface area contributed by atoms with E-state index in [-0.39, 0.29) is 17.3 Å². The average molecular weight is 402 g/mol. The summed E-state index contributed by atoms with van der Waals surface area (Å²) in [5, 5.41) is 5.49. The number of ether oxygens (including phenoxy) is 3. The summed E-state index contributed by atoms with van der Waals surface area (Å²) >= 11 is 0. The Morgan fingerprint density at radius 3 is 2.24 bits per heavy atom. The fourth-order valence-corrected chi connectivity index (χ4v) is 2.53. The number of amides is 2. The van der Waals surface area contributed by atoms with Crippen molar-refractivity contribution in [2.45, 2.75) is 0 Å². The van der Waals surface area contributed by atoms with Gasteiger partial charge in [-0.25, -0.2) is 4.98 Å². The van der Waals surface area contributed by atoms with Crippen LogP contribution in [0.5, 0.6) is 17.2 Å². The molecule has 0 unspecified atom stereocenters. The normalized spacial score (nSPS) is 10.4. The zero-order valence-electron chi connectivity index (χ0n) is 17.2. The van der Waals surface area contributed by atoms with Crippen LogP contribution in [-0.4, -0.2) is 70.2 Å². The van der Waals surface area contributed by atoms with Crippen molar-refractivity contribution >= 4 is 17.6 Å². The van der Waals surface area contributed by atoms with Gasteiger partial charge in [0, 0.05) is 37.0 Å². The van der Waals surface area contributed by atoms with Crippen molar-refractivity contribution in [3.8, 4) is 17.2 Å². The lowest BCUT2D eigenvalue weighted by Crippen LogP contribution is -2.31. The van der Waals surface area contributed by atoms with E-state index in [1.54, 1.807) is 12.1 Å². The third kappa shape index (κ3) is 5.82. The van der Waals surface area contributed by atoms with Crippen LogP contribution in [0.2, 0.25) is 0 Å². The SMILES string of the molecule is COc1cc(OC)c(C(=O)Nc2cc(C(=O)NCCN(C)C)ccn2)cc1OC. The molecule has 0 radical (unpaired) electrons. The highest BCUT2D eigenvalue weighted by Gasteiger charge is 2.18. The zero-order chi connectivity index (χ0) is 21.4. The molecule has 1 heterocycles. The number of anilines is 1. The summed E-state index contributed by atoms with van der Waals surface area (Å²) in [7, 11) is 8.28. The molecular formula is C20H26N4O5. The second-order valence-corrected chi connectivity index (χ2v) is 6.35. The molecule has 1 aromatic heterocycles. The monoisotopic (exact) mass is 402 g/mol. The molecule has 9 heteroatoms. The lowest BCUT2D eigenvalue weighted by molar-refractivity contribution is 0.0949. The van der Waals surface area contributed by atoms with E-state index in [1.807, 2.05) is 19.0 Å². The van der Waals surface area contributed by atoms with Gasteiger partial charge in [0.2, 0.25) is 0 Å². The van der Waals surface area contributed by atoms with Crippen LogP contribution in [0.1, 0.15) is 20.7 Å². The van der Waals surface area contributed by atoms with Gasteiger partial charge in [-0.3, -0.25) is 9.59 Å². The number of nitrogens with zero attached hydrogens (tertiary/aromatic N) is 2. The Kier molecular flexibility index (Phi) is 7.79. The van der Waals surface area contributed by atoms with Gasteiger partial charge in [-0.2, -0.15) is 0 Å². The van der Waals surface area contributed by atoms with E-state index >= 15 is 0 Å². The quantitative estimate of drug-likeness (QED) is 0.658. The van der Waals surface area contributed by atoms with Gasteiger partial charge in [0.05, 0.1) is 26.9 Å². The predicted octanol–water partition coefficient (Wildman–Crippen LogP) is 1.65. The molecule has 2 aromatic rings. The number of likely N-dealkylation sites (N-methyl/N-ethyl adjacent to an activating group) is 1. The van der Waals surface area contributed by atoms with Crippen LogP contribution in [0.25, 0.3) is 0 Å². The number of pyridine rings is 1. The Morgan fingerprint density at radius 1 is 0.966 bits per heavy atom. The summed E-state index contributed by atoms with van der Waals surface area (Å²) in [5.41, 5.74) is 0.640. The zero-order valence-corrected chi connectivity index (χ0v) is 17.2. The highest BCUT2D eigenvalue weighted by atomic mass is 16.5. The van der Waals surface area contributed by atoms with E-state index < -0.39 is 5.91 Å². The number of nitrogens with one attached hydrogen (secondary N) is 2. The van der Waals surface area contributed by atoms with Crippen molar-refractivity contribution in [1.82, 2.24) is 15.2 Å². The van der Waals surface area contributed by atoms with Gasteiger partial charge in [0.15, 0.2) is 11.5 Å². The highest BCUT2D eigenvalue weighted by Crippen LogP contribution is 2.34. The molecule has 29 heavy (non-hydrogen) atoms. The van der Waals surface area contributed by atoms with E-state index in [0.29, 0.717) is 29.4 Å². The van der Waals surface area contributed by atoms with Crippen molar-refractivity contribution in [3.63, 3.8) is 0 Å². The van der Waals surface area contributed by atoms with E-state index in [9.17, 15) is 9.59 Å². The third-order valence-electron chi connectivity index (χ3n) is 4.06. The van der Waals surface area contributed by atoms with Crippen molar-refractivity contribution in [2.75, 3.05) is 53.8 Å². The lowest BCUT2D eigenvalue weighted by Gasteiger charge is -2.14. The molecule has 0 aliphatic rings. The second kappa shape index (κ2) is 10.3. The number of hydrogen-bond donors (Lipinski definition) is 2. The fraction of sp³-hybridized carbons (Fsp3) is 0.350. The largest absolute Gasteiger partial charge is 0.496 e. The molecular weight excluding hydrogens is 376 g/mol. The third-order valence-corrected chi connectivity index (χ3v) is 4.06. The van der Waals surface area contributed by atoms with Crippen LogP contribution in [0.4, 0.5) is 5.82 Å². The van der Waals surface area contributed by atoms with Crippen molar-refractivity contribution in [1.29, 1.82) is 0 Å². The molecule has 2 N–H and O–H groups in total.